The summed E-state index contributed by atoms with van der Waals surface area (Å²) in [5, 5.41) is 23.6. The number of ether oxygens (including phenoxy) is 1. The lowest BCUT2D eigenvalue weighted by Gasteiger charge is -2.24. The maximum absolute atomic E-state index is 13.1. The molecular formula is C51H83NO5. The van der Waals surface area contributed by atoms with E-state index in [2.05, 4.69) is 80.8 Å². The van der Waals surface area contributed by atoms with Crippen molar-refractivity contribution in [3.63, 3.8) is 0 Å². The standard InChI is InChI=1S/C51H83NO5/c1-4-7-10-13-16-19-22-24-26-28-30-33-36-39-42-47(57-51(56)44-41-38-35-32-29-25-23-20-17-14-11-8-5-2)45-50(55)52-48(46-53)49(54)43-40-37-34-31-27-21-18-15-12-9-6-3/h7-8,10-11,14,16-17,19-20,23-26,29-30,32-33,35,47-49,53-54H,4-6,9,12-13,15,18,21-22,27-28,31,34,36-46H2,1-3H3,(H,52,55)/b10-7+,11-8+,17-14+,19-16+,23-20-,26-24+,29-25-,33-30+,35-32+. The van der Waals surface area contributed by atoms with Gasteiger partial charge in [0.05, 0.1) is 25.2 Å². The smallest absolute Gasteiger partial charge is 0.306 e. The fourth-order valence-electron chi connectivity index (χ4n) is 6.10. The minimum atomic E-state index is -0.819. The molecule has 3 atom stereocenters. The summed E-state index contributed by atoms with van der Waals surface area (Å²) in [6, 6.07) is -0.739. The number of nitrogens with one attached hydrogen (secondary N) is 1. The maximum Gasteiger partial charge on any atom is 0.306 e. The van der Waals surface area contributed by atoms with Gasteiger partial charge in [-0.15, -0.1) is 0 Å². The number of unbranched alkanes of at least 4 members (excludes halogenated alkanes) is 12. The highest BCUT2D eigenvalue weighted by atomic mass is 16.5. The molecule has 322 valence electrons. The number of hydrogen-bond donors (Lipinski definition) is 3. The molecule has 0 heterocycles. The van der Waals surface area contributed by atoms with Crippen molar-refractivity contribution in [3.8, 4) is 0 Å². The molecule has 6 heteroatoms. The predicted molar refractivity (Wildman–Crippen MR) is 245 cm³/mol. The highest BCUT2D eigenvalue weighted by Gasteiger charge is 2.23. The van der Waals surface area contributed by atoms with Gasteiger partial charge in [0.25, 0.3) is 0 Å². The molecule has 0 aliphatic carbocycles. The molecule has 0 radical (unpaired) electrons. The Bertz CT molecular complexity index is 1200. The Labute approximate surface area is 349 Å². The number of carbonyl (C=O) groups is 2. The van der Waals surface area contributed by atoms with Gasteiger partial charge in [0.2, 0.25) is 5.91 Å². The van der Waals surface area contributed by atoms with E-state index >= 15 is 0 Å². The van der Waals surface area contributed by atoms with Crippen molar-refractivity contribution in [1.29, 1.82) is 0 Å². The molecule has 0 aromatic carbocycles. The first-order valence-corrected chi connectivity index (χ1v) is 22.7. The van der Waals surface area contributed by atoms with Crippen LogP contribution in [0.4, 0.5) is 0 Å². The number of aliphatic hydroxyl groups excluding tert-OH is 2. The first-order valence-electron chi connectivity index (χ1n) is 22.7. The summed E-state index contributed by atoms with van der Waals surface area (Å²) < 4.78 is 5.83. The Morgan fingerprint density at radius 3 is 1.60 bits per heavy atom. The van der Waals surface area contributed by atoms with Crippen LogP contribution >= 0.6 is 0 Å². The molecule has 0 saturated carbocycles. The second kappa shape index (κ2) is 43.6. The number of amides is 1. The molecule has 0 saturated heterocycles. The van der Waals surface area contributed by atoms with E-state index in [1.54, 1.807) is 0 Å². The molecule has 0 spiro atoms. The molecular weight excluding hydrogens is 707 g/mol. The third kappa shape index (κ3) is 39.1. The molecule has 0 bridgehead atoms. The fourth-order valence-corrected chi connectivity index (χ4v) is 6.10. The molecule has 0 rings (SSSR count). The average molecular weight is 790 g/mol. The predicted octanol–water partition coefficient (Wildman–Crippen LogP) is 13.2. The Hall–Kier alpha value is -3.48. The van der Waals surface area contributed by atoms with Crippen LogP contribution in [0.15, 0.2) is 109 Å². The first-order chi connectivity index (χ1) is 28.0. The number of rotatable bonds is 38. The van der Waals surface area contributed by atoms with Crippen LogP contribution in [0.2, 0.25) is 0 Å². The average Bonchev–Trinajstić information content (AvgIpc) is 3.20. The van der Waals surface area contributed by atoms with Gasteiger partial charge in [-0.05, 0) is 70.6 Å². The zero-order valence-corrected chi connectivity index (χ0v) is 36.4. The normalized spacial score (nSPS) is 14.4. The van der Waals surface area contributed by atoms with Crippen LogP contribution in [0.25, 0.3) is 0 Å². The lowest BCUT2D eigenvalue weighted by molar-refractivity contribution is -0.151. The van der Waals surface area contributed by atoms with Gasteiger partial charge in [-0.3, -0.25) is 9.59 Å². The summed E-state index contributed by atoms with van der Waals surface area (Å²) in [4.78, 5) is 26.0. The number of hydrogen-bond acceptors (Lipinski definition) is 5. The van der Waals surface area contributed by atoms with Gasteiger partial charge in [-0.25, -0.2) is 0 Å². The van der Waals surface area contributed by atoms with Crippen LogP contribution in [0, 0.1) is 0 Å². The lowest BCUT2D eigenvalue weighted by Crippen LogP contribution is -2.46. The Kier molecular flexibility index (Phi) is 41.0. The quantitative estimate of drug-likeness (QED) is 0.0251. The molecule has 0 fully saturated rings. The van der Waals surface area contributed by atoms with E-state index in [-0.39, 0.29) is 31.3 Å². The third-order valence-electron chi connectivity index (χ3n) is 9.48. The minimum Gasteiger partial charge on any atom is -0.462 e. The summed E-state index contributed by atoms with van der Waals surface area (Å²) in [6.45, 7) is 6.15. The van der Waals surface area contributed by atoms with Gasteiger partial charge in [-0.1, -0.05) is 201 Å². The van der Waals surface area contributed by atoms with Gasteiger partial charge in [0, 0.05) is 6.42 Å². The van der Waals surface area contributed by atoms with Crippen molar-refractivity contribution in [2.24, 2.45) is 0 Å². The van der Waals surface area contributed by atoms with Crippen molar-refractivity contribution < 1.29 is 24.5 Å². The van der Waals surface area contributed by atoms with Crippen molar-refractivity contribution >= 4 is 11.9 Å². The second-order valence-electron chi connectivity index (χ2n) is 14.8. The van der Waals surface area contributed by atoms with Crippen LogP contribution in [-0.2, 0) is 14.3 Å². The molecule has 0 aliphatic rings. The third-order valence-corrected chi connectivity index (χ3v) is 9.48. The number of aliphatic hydroxyl groups is 2. The molecule has 3 N–H and O–H groups in total. The maximum atomic E-state index is 13.1. The monoisotopic (exact) mass is 790 g/mol. The molecule has 0 aliphatic heterocycles. The molecule has 6 nitrogen and oxygen atoms in total. The van der Waals surface area contributed by atoms with E-state index in [1.165, 1.54) is 51.4 Å². The largest absolute Gasteiger partial charge is 0.462 e. The van der Waals surface area contributed by atoms with Gasteiger partial charge < -0.3 is 20.3 Å². The Morgan fingerprint density at radius 1 is 0.544 bits per heavy atom. The molecule has 57 heavy (non-hydrogen) atoms. The SMILES string of the molecule is CC/C=C/C=C/C=C\C=C/C=C/CCCC(=O)OC(CCC/C=C/C/C=C/C/C=C/C/C=C/CC)CC(=O)NC(CO)C(O)CCCCCCCCCCCCC. The summed E-state index contributed by atoms with van der Waals surface area (Å²) in [5.74, 6) is -0.632. The molecule has 1 amide bonds. The minimum absolute atomic E-state index is 0.00387. The summed E-state index contributed by atoms with van der Waals surface area (Å²) in [6.07, 6.45) is 58.7. The Balaban J connectivity index is 4.86. The molecule has 0 aromatic rings. The lowest BCUT2D eigenvalue weighted by atomic mass is 10.0. The first kappa shape index (κ1) is 53.5. The van der Waals surface area contributed by atoms with E-state index in [9.17, 15) is 19.8 Å². The highest BCUT2D eigenvalue weighted by Crippen LogP contribution is 2.15. The van der Waals surface area contributed by atoms with Gasteiger partial charge in [0.1, 0.15) is 6.10 Å². The molecule has 0 aromatic heterocycles. The highest BCUT2D eigenvalue weighted by molar-refractivity contribution is 5.77. The van der Waals surface area contributed by atoms with Gasteiger partial charge >= 0.3 is 5.97 Å². The fraction of sp³-hybridized carbons (Fsp3) is 0.608. The van der Waals surface area contributed by atoms with Crippen molar-refractivity contribution in [1.82, 2.24) is 5.32 Å². The number of esters is 1. The van der Waals surface area contributed by atoms with Crippen molar-refractivity contribution in [2.75, 3.05) is 6.61 Å². The van der Waals surface area contributed by atoms with Crippen LogP contribution in [-0.4, -0.2) is 46.9 Å². The summed E-state index contributed by atoms with van der Waals surface area (Å²) in [5.41, 5.74) is 0. The van der Waals surface area contributed by atoms with E-state index in [1.807, 2.05) is 54.7 Å². The second-order valence-corrected chi connectivity index (χ2v) is 14.8. The number of allylic oxidation sites excluding steroid dienone is 18. The summed E-state index contributed by atoms with van der Waals surface area (Å²) in [7, 11) is 0. The van der Waals surface area contributed by atoms with Crippen LogP contribution in [0.1, 0.15) is 175 Å². The van der Waals surface area contributed by atoms with Crippen molar-refractivity contribution in [3.05, 3.63) is 109 Å². The van der Waals surface area contributed by atoms with E-state index in [0.717, 1.165) is 70.6 Å². The number of carbonyl (C=O) groups excluding carboxylic acids is 2. The van der Waals surface area contributed by atoms with E-state index < -0.39 is 18.2 Å². The van der Waals surface area contributed by atoms with Gasteiger partial charge in [-0.2, -0.15) is 0 Å². The molecule has 3 unspecified atom stereocenters. The van der Waals surface area contributed by atoms with E-state index in [0.29, 0.717) is 19.3 Å². The van der Waals surface area contributed by atoms with Crippen LogP contribution in [0.5, 0.6) is 0 Å². The van der Waals surface area contributed by atoms with Gasteiger partial charge in [0.15, 0.2) is 0 Å². The van der Waals surface area contributed by atoms with Crippen LogP contribution < -0.4 is 5.32 Å². The zero-order valence-electron chi connectivity index (χ0n) is 36.4. The van der Waals surface area contributed by atoms with E-state index in [4.69, 9.17) is 4.74 Å². The topological polar surface area (TPSA) is 95.9 Å². The van der Waals surface area contributed by atoms with Crippen LogP contribution in [0.3, 0.4) is 0 Å². The zero-order chi connectivity index (χ0) is 41.7. The summed E-state index contributed by atoms with van der Waals surface area (Å²) >= 11 is 0. The Morgan fingerprint density at radius 2 is 1.04 bits per heavy atom. The van der Waals surface area contributed by atoms with Crippen molar-refractivity contribution in [2.45, 2.75) is 193 Å².